The van der Waals surface area contributed by atoms with Crippen molar-refractivity contribution in [1.29, 1.82) is 0 Å². The Kier molecular flexibility index (Phi) is 6.79. The van der Waals surface area contributed by atoms with E-state index in [0.717, 1.165) is 0 Å². The smallest absolute Gasteiger partial charge is 0.259 e. The van der Waals surface area contributed by atoms with Gasteiger partial charge in [0.15, 0.2) is 0 Å². The second-order valence-electron chi connectivity index (χ2n) is 7.16. The molecule has 0 saturated carbocycles. The lowest BCUT2D eigenvalue weighted by Crippen LogP contribution is -2.15. The first-order valence-corrected chi connectivity index (χ1v) is 10.6. The predicted octanol–water partition coefficient (Wildman–Crippen LogP) is 5.05. The lowest BCUT2D eigenvalue weighted by molar-refractivity contribution is 0.101. The normalized spacial score (nSPS) is 10.4. The number of carbonyl (C=O) groups is 2. The van der Waals surface area contributed by atoms with Crippen molar-refractivity contribution >= 4 is 34.8 Å². The summed E-state index contributed by atoms with van der Waals surface area (Å²) in [6.07, 6.45) is 6.75. The van der Waals surface area contributed by atoms with Crippen LogP contribution in [0.3, 0.4) is 0 Å². The van der Waals surface area contributed by atoms with E-state index in [-0.39, 0.29) is 11.5 Å². The Hall–Kier alpha value is -4.30. The van der Waals surface area contributed by atoms with E-state index < -0.39 is 5.91 Å². The maximum absolute atomic E-state index is 13.0. The Morgan fingerprint density at radius 1 is 0.912 bits per heavy atom. The minimum Gasteiger partial charge on any atom is -0.496 e. The Bertz CT molecular complexity index is 1320. The lowest BCUT2D eigenvalue weighted by Gasteiger charge is -2.15. The SMILES string of the molecule is COc1cc(NC(=O)c2cc(Cl)c(-n3cccc3)cc2OC)ccc1NC(=O)c1cccnc1. The van der Waals surface area contributed by atoms with E-state index in [9.17, 15) is 9.59 Å². The molecule has 0 fully saturated rings. The molecule has 2 aromatic heterocycles. The van der Waals surface area contributed by atoms with Crippen LogP contribution in [0.2, 0.25) is 5.02 Å². The van der Waals surface area contributed by atoms with Crippen LogP contribution in [0.5, 0.6) is 11.5 Å². The first kappa shape index (κ1) is 22.9. The molecular formula is C25H21ClN4O4. The minimum absolute atomic E-state index is 0.274. The van der Waals surface area contributed by atoms with Gasteiger partial charge in [-0.3, -0.25) is 14.6 Å². The number of aromatic nitrogens is 2. The molecule has 2 heterocycles. The van der Waals surface area contributed by atoms with Gasteiger partial charge in [-0.1, -0.05) is 11.6 Å². The van der Waals surface area contributed by atoms with Gasteiger partial charge in [0.25, 0.3) is 11.8 Å². The summed E-state index contributed by atoms with van der Waals surface area (Å²) in [7, 11) is 2.96. The summed E-state index contributed by atoms with van der Waals surface area (Å²) in [5, 5.41) is 5.99. The van der Waals surface area contributed by atoms with Crippen LogP contribution in [0.4, 0.5) is 11.4 Å². The zero-order valence-electron chi connectivity index (χ0n) is 18.4. The summed E-state index contributed by atoms with van der Waals surface area (Å²) in [4.78, 5) is 29.4. The van der Waals surface area contributed by atoms with Gasteiger partial charge in [-0.15, -0.1) is 0 Å². The molecule has 4 aromatic rings. The molecule has 0 saturated heterocycles. The largest absolute Gasteiger partial charge is 0.496 e. The van der Waals surface area contributed by atoms with Gasteiger partial charge >= 0.3 is 0 Å². The Labute approximate surface area is 201 Å². The van der Waals surface area contributed by atoms with E-state index in [4.69, 9.17) is 21.1 Å². The number of nitrogens with zero attached hydrogens (tertiary/aromatic N) is 2. The van der Waals surface area contributed by atoms with Crippen molar-refractivity contribution in [2.45, 2.75) is 0 Å². The van der Waals surface area contributed by atoms with Crippen molar-refractivity contribution in [2.24, 2.45) is 0 Å². The van der Waals surface area contributed by atoms with Gasteiger partial charge in [0.2, 0.25) is 0 Å². The zero-order valence-corrected chi connectivity index (χ0v) is 19.2. The Morgan fingerprint density at radius 2 is 1.68 bits per heavy atom. The third-order valence-electron chi connectivity index (χ3n) is 5.03. The number of benzene rings is 2. The van der Waals surface area contributed by atoms with Crippen LogP contribution in [-0.2, 0) is 0 Å². The lowest BCUT2D eigenvalue weighted by atomic mass is 10.1. The summed E-state index contributed by atoms with van der Waals surface area (Å²) in [6, 6.07) is 15.3. The van der Waals surface area contributed by atoms with Gasteiger partial charge in [0.05, 0.1) is 41.7 Å². The summed E-state index contributed by atoms with van der Waals surface area (Å²) >= 11 is 6.44. The third-order valence-corrected chi connectivity index (χ3v) is 5.33. The number of nitrogens with one attached hydrogen (secondary N) is 2. The van der Waals surface area contributed by atoms with Crippen LogP contribution in [0.15, 0.2) is 79.4 Å². The fourth-order valence-electron chi connectivity index (χ4n) is 3.34. The number of amides is 2. The van der Waals surface area contributed by atoms with Crippen LogP contribution in [0, 0.1) is 0 Å². The third kappa shape index (κ3) is 4.87. The van der Waals surface area contributed by atoms with E-state index in [0.29, 0.717) is 39.1 Å². The van der Waals surface area contributed by atoms with Crippen LogP contribution >= 0.6 is 11.6 Å². The average Bonchev–Trinajstić information content (AvgIpc) is 3.40. The number of anilines is 2. The standard InChI is InChI=1S/C25H21ClN4O4/c1-33-22-14-21(30-10-3-4-11-30)19(26)13-18(22)25(32)28-17-7-8-20(23(12-17)34-2)29-24(31)16-6-5-9-27-15-16/h3-15H,1-2H3,(H,28,32)(H,29,31). The number of hydrogen-bond donors (Lipinski definition) is 2. The van der Waals surface area contributed by atoms with E-state index in [2.05, 4.69) is 15.6 Å². The molecule has 172 valence electrons. The van der Waals surface area contributed by atoms with Crippen LogP contribution in [0.1, 0.15) is 20.7 Å². The number of pyridine rings is 1. The second kappa shape index (κ2) is 10.1. The Balaban J connectivity index is 1.55. The maximum atomic E-state index is 13.0. The van der Waals surface area contributed by atoms with Crippen molar-refractivity contribution in [3.05, 3.63) is 95.5 Å². The molecule has 0 aliphatic rings. The van der Waals surface area contributed by atoms with E-state index in [1.165, 1.54) is 20.4 Å². The molecule has 2 N–H and O–H groups in total. The topological polar surface area (TPSA) is 94.5 Å². The molecule has 0 unspecified atom stereocenters. The highest BCUT2D eigenvalue weighted by Gasteiger charge is 2.18. The van der Waals surface area contributed by atoms with Gasteiger partial charge < -0.3 is 24.7 Å². The highest BCUT2D eigenvalue weighted by molar-refractivity contribution is 6.33. The fraction of sp³-hybridized carbons (Fsp3) is 0.0800. The fourth-order valence-corrected chi connectivity index (χ4v) is 3.61. The first-order chi connectivity index (χ1) is 16.5. The zero-order chi connectivity index (χ0) is 24.1. The van der Waals surface area contributed by atoms with Gasteiger partial charge in [-0.05, 0) is 42.5 Å². The molecule has 9 heteroatoms. The van der Waals surface area contributed by atoms with Gasteiger partial charge in [0, 0.05) is 42.6 Å². The van der Waals surface area contributed by atoms with Crippen molar-refractivity contribution in [3.8, 4) is 17.2 Å². The molecule has 0 aliphatic carbocycles. The van der Waals surface area contributed by atoms with Crippen molar-refractivity contribution < 1.29 is 19.1 Å². The summed E-state index contributed by atoms with van der Waals surface area (Å²) < 4.78 is 12.7. The van der Waals surface area contributed by atoms with E-state index in [1.807, 2.05) is 29.1 Å². The monoisotopic (exact) mass is 476 g/mol. The molecule has 0 spiro atoms. The number of carbonyl (C=O) groups excluding carboxylic acids is 2. The average molecular weight is 477 g/mol. The molecular weight excluding hydrogens is 456 g/mol. The molecule has 2 amide bonds. The molecule has 0 bridgehead atoms. The van der Waals surface area contributed by atoms with Gasteiger partial charge in [-0.25, -0.2) is 0 Å². The number of hydrogen-bond acceptors (Lipinski definition) is 5. The molecule has 34 heavy (non-hydrogen) atoms. The number of methoxy groups -OCH3 is 2. The number of rotatable bonds is 7. The second-order valence-corrected chi connectivity index (χ2v) is 7.57. The predicted molar refractivity (Wildman–Crippen MR) is 130 cm³/mol. The summed E-state index contributed by atoms with van der Waals surface area (Å²) in [5.41, 5.74) is 2.29. The molecule has 4 rings (SSSR count). The number of halogens is 1. The van der Waals surface area contributed by atoms with Crippen LogP contribution in [-0.4, -0.2) is 35.6 Å². The molecule has 2 aromatic carbocycles. The van der Waals surface area contributed by atoms with Gasteiger partial charge in [-0.2, -0.15) is 0 Å². The molecule has 0 atom stereocenters. The van der Waals surface area contributed by atoms with Crippen LogP contribution < -0.4 is 20.1 Å². The summed E-state index contributed by atoms with van der Waals surface area (Å²) in [6.45, 7) is 0. The van der Waals surface area contributed by atoms with Crippen molar-refractivity contribution in [3.63, 3.8) is 0 Å². The highest BCUT2D eigenvalue weighted by Crippen LogP contribution is 2.32. The maximum Gasteiger partial charge on any atom is 0.259 e. The van der Waals surface area contributed by atoms with Crippen molar-refractivity contribution in [1.82, 2.24) is 9.55 Å². The quantitative estimate of drug-likeness (QED) is 0.389. The highest BCUT2D eigenvalue weighted by atomic mass is 35.5. The van der Waals surface area contributed by atoms with Crippen LogP contribution in [0.25, 0.3) is 5.69 Å². The Morgan fingerprint density at radius 3 is 2.35 bits per heavy atom. The summed E-state index contributed by atoms with van der Waals surface area (Å²) in [5.74, 6) is 0.0123. The molecule has 0 aliphatic heterocycles. The van der Waals surface area contributed by atoms with E-state index in [1.54, 1.807) is 48.7 Å². The van der Waals surface area contributed by atoms with Gasteiger partial charge in [0.1, 0.15) is 11.5 Å². The number of ether oxygens (including phenoxy) is 2. The van der Waals surface area contributed by atoms with E-state index >= 15 is 0 Å². The first-order valence-electron chi connectivity index (χ1n) is 10.2. The van der Waals surface area contributed by atoms with Crippen molar-refractivity contribution in [2.75, 3.05) is 24.9 Å². The minimum atomic E-state index is -0.410. The molecule has 0 radical (unpaired) electrons. The molecule has 8 nitrogen and oxygen atoms in total.